The molecule has 0 N–H and O–H groups in total. The molecule has 0 saturated heterocycles. The van der Waals surface area contributed by atoms with Gasteiger partial charge in [0.25, 0.3) is 0 Å². The molecule has 1 aromatic heterocycles. The summed E-state index contributed by atoms with van der Waals surface area (Å²) in [6.45, 7) is 6.55. The van der Waals surface area contributed by atoms with Gasteiger partial charge in [0.05, 0.1) is 0 Å². The fourth-order valence-electron chi connectivity index (χ4n) is 4.11. The molecule has 3 nitrogen and oxygen atoms in total. The predicted molar refractivity (Wildman–Crippen MR) is 136 cm³/mol. The van der Waals surface area contributed by atoms with Crippen LogP contribution in [-0.4, -0.2) is 15.0 Å². The molecular weight excluding hydrogens is 437 g/mol. The largest absolute Gasteiger partial charge is 0.227 e. The van der Waals surface area contributed by atoms with Gasteiger partial charge in [0.2, 0.25) is 10.6 Å². The van der Waals surface area contributed by atoms with Gasteiger partial charge in [-0.15, -0.1) is 0 Å². The summed E-state index contributed by atoms with van der Waals surface area (Å²) in [6.07, 6.45) is 9.26. The number of allylic oxidation sites excluding steroid dienone is 1. The van der Waals surface area contributed by atoms with Gasteiger partial charge in [-0.05, 0) is 77.2 Å². The zero-order valence-electron chi connectivity index (χ0n) is 19.1. The number of hydrogen-bond acceptors (Lipinski definition) is 3. The molecule has 1 heterocycles. The number of unbranched alkanes of at least 4 members (excludes halogenated alkanes) is 1. The minimum atomic E-state index is 0.103. The molecule has 0 aliphatic carbocycles. The lowest BCUT2D eigenvalue weighted by molar-refractivity contribution is 0.422. The van der Waals surface area contributed by atoms with Crippen molar-refractivity contribution in [3.05, 3.63) is 82.1 Å². The molecule has 3 rings (SSSR count). The summed E-state index contributed by atoms with van der Waals surface area (Å²) >= 11 is 12.2. The Morgan fingerprint density at radius 2 is 1.62 bits per heavy atom. The van der Waals surface area contributed by atoms with Gasteiger partial charge in [-0.1, -0.05) is 88.1 Å². The van der Waals surface area contributed by atoms with Gasteiger partial charge in [-0.25, -0.2) is 0 Å². The predicted octanol–water partition coefficient (Wildman–Crippen LogP) is 8.45. The van der Waals surface area contributed by atoms with Gasteiger partial charge < -0.3 is 0 Å². The Balaban J connectivity index is 2.02. The lowest BCUT2D eigenvalue weighted by Gasteiger charge is -2.18. The molecule has 0 radical (unpaired) electrons. The highest BCUT2D eigenvalue weighted by molar-refractivity contribution is 6.31. The topological polar surface area (TPSA) is 38.7 Å². The summed E-state index contributed by atoms with van der Waals surface area (Å²) in [7, 11) is 0. The minimum Gasteiger partial charge on any atom is -0.198 e. The normalized spacial score (nSPS) is 12.7. The van der Waals surface area contributed by atoms with Crippen molar-refractivity contribution in [3.63, 3.8) is 0 Å². The minimum absolute atomic E-state index is 0.103. The second-order valence-electron chi connectivity index (χ2n) is 8.09. The molecule has 1 unspecified atom stereocenters. The van der Waals surface area contributed by atoms with E-state index in [1.807, 2.05) is 19.1 Å². The Morgan fingerprint density at radius 3 is 2.25 bits per heavy atom. The highest BCUT2D eigenvalue weighted by atomic mass is 35.5. The van der Waals surface area contributed by atoms with E-state index in [9.17, 15) is 0 Å². The van der Waals surface area contributed by atoms with Crippen molar-refractivity contribution < 1.29 is 0 Å². The molecule has 0 amide bonds. The molecule has 0 aliphatic rings. The van der Waals surface area contributed by atoms with Crippen molar-refractivity contribution in [1.29, 1.82) is 0 Å². The first-order valence-electron chi connectivity index (χ1n) is 11.5. The summed E-state index contributed by atoms with van der Waals surface area (Å²) in [4.78, 5) is 12.6. The summed E-state index contributed by atoms with van der Waals surface area (Å²) in [5.74, 6) is 1.24. The van der Waals surface area contributed by atoms with Gasteiger partial charge in [-0.3, -0.25) is 0 Å². The first-order valence-corrected chi connectivity index (χ1v) is 12.2. The van der Waals surface area contributed by atoms with E-state index in [4.69, 9.17) is 23.2 Å². The molecule has 0 spiro atoms. The van der Waals surface area contributed by atoms with Gasteiger partial charge >= 0.3 is 0 Å². The molecule has 0 saturated carbocycles. The highest BCUT2D eigenvalue weighted by Crippen LogP contribution is 2.32. The number of aryl methyl sites for hydroxylation is 1. The van der Waals surface area contributed by atoms with Gasteiger partial charge in [-0.2, -0.15) is 15.0 Å². The van der Waals surface area contributed by atoms with Crippen LogP contribution in [0, 0.1) is 5.92 Å². The van der Waals surface area contributed by atoms with Crippen LogP contribution in [0.4, 0.5) is 0 Å². The Labute approximate surface area is 202 Å². The summed E-state index contributed by atoms with van der Waals surface area (Å²) in [6, 6.07) is 17.1. The molecule has 2 aromatic carbocycles. The highest BCUT2D eigenvalue weighted by Gasteiger charge is 2.17. The number of aromatic nitrogens is 3. The Kier molecular flexibility index (Phi) is 9.25. The van der Waals surface area contributed by atoms with Crippen LogP contribution < -0.4 is 0 Å². The lowest BCUT2D eigenvalue weighted by atomic mass is 9.88. The van der Waals surface area contributed by atoms with E-state index >= 15 is 0 Å². The molecule has 5 heteroatoms. The van der Waals surface area contributed by atoms with Crippen molar-refractivity contribution in [1.82, 2.24) is 15.0 Å². The van der Waals surface area contributed by atoms with E-state index in [0.29, 0.717) is 5.82 Å². The van der Waals surface area contributed by atoms with Crippen LogP contribution in [0.3, 0.4) is 0 Å². The molecule has 0 fully saturated rings. The van der Waals surface area contributed by atoms with Crippen LogP contribution in [0.5, 0.6) is 0 Å². The standard InChI is InChI=1S/C27H31Cl2N3/c1-4-7-11-19(5-2)14-15-21-16-17-22(20-12-9-8-10-13-20)18-24(21)23(6-3)25-30-26(28)32-27(29)31-25/h6,8-10,12-13,16-19H,4-5,7,11,14-15H2,1-3H3/b23-6+. The number of hydrogen-bond donors (Lipinski definition) is 0. The molecule has 3 aromatic rings. The zero-order valence-corrected chi connectivity index (χ0v) is 20.6. The van der Waals surface area contributed by atoms with Gasteiger partial charge in [0.15, 0.2) is 5.82 Å². The summed E-state index contributed by atoms with van der Waals surface area (Å²) in [5, 5.41) is 0.205. The van der Waals surface area contributed by atoms with Crippen LogP contribution in [-0.2, 0) is 6.42 Å². The van der Waals surface area contributed by atoms with Crippen LogP contribution >= 0.6 is 23.2 Å². The average Bonchev–Trinajstić information content (AvgIpc) is 2.80. The Bertz CT molecular complexity index is 1030. The first-order chi connectivity index (χ1) is 15.5. The molecular formula is C27H31Cl2N3. The molecule has 0 bridgehead atoms. The van der Waals surface area contributed by atoms with Gasteiger partial charge in [0, 0.05) is 5.57 Å². The van der Waals surface area contributed by atoms with Crippen LogP contribution in [0.15, 0.2) is 54.6 Å². The second-order valence-corrected chi connectivity index (χ2v) is 8.77. The van der Waals surface area contributed by atoms with Crippen molar-refractivity contribution in [2.75, 3.05) is 0 Å². The van der Waals surface area contributed by atoms with Crippen molar-refractivity contribution >= 4 is 28.8 Å². The van der Waals surface area contributed by atoms with E-state index < -0.39 is 0 Å². The monoisotopic (exact) mass is 467 g/mol. The second kappa shape index (κ2) is 12.1. The summed E-state index contributed by atoms with van der Waals surface area (Å²) in [5.41, 5.74) is 5.67. The number of rotatable bonds is 10. The van der Waals surface area contributed by atoms with E-state index in [0.717, 1.165) is 29.0 Å². The maximum atomic E-state index is 6.10. The average molecular weight is 468 g/mol. The fraction of sp³-hybridized carbons (Fsp3) is 0.370. The third kappa shape index (κ3) is 6.40. The fourth-order valence-corrected chi connectivity index (χ4v) is 4.48. The van der Waals surface area contributed by atoms with Gasteiger partial charge in [0.1, 0.15) is 0 Å². The van der Waals surface area contributed by atoms with E-state index in [2.05, 4.69) is 71.3 Å². The zero-order chi connectivity index (χ0) is 22.9. The van der Waals surface area contributed by atoms with Crippen LogP contribution in [0.25, 0.3) is 16.7 Å². The maximum absolute atomic E-state index is 6.10. The van der Waals surface area contributed by atoms with Crippen LogP contribution in [0.2, 0.25) is 10.6 Å². The Hall–Kier alpha value is -2.23. The van der Waals surface area contributed by atoms with E-state index in [-0.39, 0.29) is 10.6 Å². The Morgan fingerprint density at radius 1 is 0.906 bits per heavy atom. The SMILES string of the molecule is C/C=C(/c1nc(Cl)nc(Cl)n1)c1cc(-c2ccccc2)ccc1CCC(CC)CCCC. The molecule has 0 aliphatic heterocycles. The van der Waals surface area contributed by atoms with E-state index in [1.54, 1.807) is 0 Å². The van der Waals surface area contributed by atoms with E-state index in [1.165, 1.54) is 43.2 Å². The number of benzene rings is 2. The van der Waals surface area contributed by atoms with Crippen molar-refractivity contribution in [3.8, 4) is 11.1 Å². The maximum Gasteiger partial charge on any atom is 0.227 e. The third-order valence-corrected chi connectivity index (χ3v) is 6.32. The van der Waals surface area contributed by atoms with Crippen molar-refractivity contribution in [2.45, 2.75) is 59.3 Å². The smallest absolute Gasteiger partial charge is 0.198 e. The molecule has 32 heavy (non-hydrogen) atoms. The van der Waals surface area contributed by atoms with Crippen molar-refractivity contribution in [2.24, 2.45) is 5.92 Å². The quantitative estimate of drug-likeness (QED) is 0.300. The third-order valence-electron chi connectivity index (χ3n) is 5.98. The lowest BCUT2D eigenvalue weighted by Crippen LogP contribution is -2.05. The molecule has 168 valence electrons. The first kappa shape index (κ1) is 24.4. The summed E-state index contributed by atoms with van der Waals surface area (Å²) < 4.78 is 0. The number of halogens is 2. The number of nitrogens with zero attached hydrogens (tertiary/aromatic N) is 3. The van der Waals surface area contributed by atoms with Crippen LogP contribution in [0.1, 0.15) is 69.8 Å². The molecule has 1 atom stereocenters.